The van der Waals surface area contributed by atoms with Gasteiger partial charge in [-0.15, -0.1) is 0 Å². The van der Waals surface area contributed by atoms with Crippen LogP contribution in [0.15, 0.2) is 60.7 Å². The Bertz CT molecular complexity index is 737. The van der Waals surface area contributed by atoms with Crippen molar-refractivity contribution in [2.75, 3.05) is 29.3 Å². The smallest absolute Gasteiger partial charge is 0.288 e. The van der Waals surface area contributed by atoms with Crippen molar-refractivity contribution in [3.63, 3.8) is 0 Å². The largest absolute Gasteiger partial charge is 0.333 e. The second-order valence-electron chi connectivity index (χ2n) is 5.79. The molecule has 4 amide bonds. The fraction of sp³-hybridized carbons (Fsp3) is 0.176. The van der Waals surface area contributed by atoms with Crippen LogP contribution in [0.25, 0.3) is 0 Å². The Morgan fingerprint density at radius 2 is 1.04 bits per heavy atom. The van der Waals surface area contributed by atoms with Crippen molar-refractivity contribution >= 4 is 39.9 Å². The first-order valence-electron chi connectivity index (χ1n) is 7.90. The summed E-state index contributed by atoms with van der Waals surface area (Å²) < 4.78 is 7.04. The number of amides is 4. The van der Waals surface area contributed by atoms with E-state index in [-0.39, 0.29) is 12.1 Å². The van der Waals surface area contributed by atoms with Crippen molar-refractivity contribution in [1.29, 1.82) is 0 Å². The zero-order valence-corrected chi connectivity index (χ0v) is 15.8. The van der Waals surface area contributed by atoms with Gasteiger partial charge in [-0.3, -0.25) is 18.7 Å². The first-order chi connectivity index (χ1) is 12.1. The maximum Gasteiger partial charge on any atom is 0.333 e. The SMILES string of the molecule is CN1C(=O)N(c2ccccc2)[P@]2C[P@@]1N(c1ccccc1)C(=O)N2C. The molecule has 0 radical (unpaired) electrons. The van der Waals surface area contributed by atoms with E-state index in [1.807, 2.05) is 60.7 Å². The van der Waals surface area contributed by atoms with Crippen LogP contribution in [0.5, 0.6) is 0 Å². The van der Waals surface area contributed by atoms with Gasteiger partial charge in [-0.25, -0.2) is 9.59 Å². The van der Waals surface area contributed by atoms with Crippen LogP contribution in [0.3, 0.4) is 0 Å². The lowest BCUT2D eigenvalue weighted by Gasteiger charge is -2.54. The molecule has 2 aromatic carbocycles. The predicted octanol–water partition coefficient (Wildman–Crippen LogP) is 4.71. The minimum Gasteiger partial charge on any atom is -0.288 e. The van der Waals surface area contributed by atoms with Crippen LogP contribution in [0.2, 0.25) is 0 Å². The van der Waals surface area contributed by atoms with Crippen LogP contribution in [0, 0.1) is 0 Å². The summed E-state index contributed by atoms with van der Waals surface area (Å²) >= 11 is 0. The van der Waals surface area contributed by atoms with Crippen molar-refractivity contribution in [1.82, 2.24) is 9.34 Å². The molecule has 25 heavy (non-hydrogen) atoms. The maximum atomic E-state index is 13.1. The molecule has 2 aliphatic heterocycles. The molecule has 128 valence electrons. The first-order valence-corrected chi connectivity index (χ1v) is 10.8. The van der Waals surface area contributed by atoms with E-state index in [1.54, 1.807) is 32.8 Å². The molecule has 0 aliphatic carbocycles. The number of fused-ring (bicyclic) bond motifs is 2. The molecule has 2 saturated heterocycles. The van der Waals surface area contributed by atoms with E-state index in [1.165, 1.54) is 0 Å². The van der Waals surface area contributed by atoms with Crippen LogP contribution in [0.4, 0.5) is 21.0 Å². The molecule has 2 heterocycles. The zero-order chi connectivity index (χ0) is 17.6. The molecule has 0 spiro atoms. The molecule has 2 aliphatic rings. The van der Waals surface area contributed by atoms with Gasteiger partial charge < -0.3 is 0 Å². The monoisotopic (exact) mass is 372 g/mol. The molecule has 0 saturated carbocycles. The van der Waals surface area contributed by atoms with E-state index in [4.69, 9.17) is 0 Å². The van der Waals surface area contributed by atoms with Gasteiger partial charge in [0.05, 0.1) is 17.3 Å². The number of rotatable bonds is 2. The maximum absolute atomic E-state index is 13.1. The summed E-state index contributed by atoms with van der Waals surface area (Å²) in [6.07, 6.45) is 0. The standard InChI is InChI=1S/C17H18N4O2P2/c1-18-16(22)20(14-9-5-3-6-10-14)25-13-24(18)21(17(23)19(25)2)15-11-7-4-8-12-15/h3-12H,13H2,1-2H3/t24-,25-/m1/s1. The van der Waals surface area contributed by atoms with Crippen LogP contribution in [-0.4, -0.2) is 41.4 Å². The highest BCUT2D eigenvalue weighted by Gasteiger charge is 2.51. The molecule has 4 rings (SSSR count). The van der Waals surface area contributed by atoms with E-state index in [0.717, 1.165) is 17.3 Å². The number of urea groups is 2. The number of para-hydroxylation sites is 2. The Morgan fingerprint density at radius 1 is 0.680 bits per heavy atom. The number of hydrogen-bond acceptors (Lipinski definition) is 2. The van der Waals surface area contributed by atoms with Crippen molar-refractivity contribution in [3.05, 3.63) is 60.7 Å². The summed E-state index contributed by atoms with van der Waals surface area (Å²) in [7, 11) is 1.53. The van der Waals surface area contributed by atoms with E-state index < -0.39 is 16.4 Å². The van der Waals surface area contributed by atoms with Crippen LogP contribution < -0.4 is 9.34 Å². The third kappa shape index (κ3) is 2.57. The summed E-state index contributed by atoms with van der Waals surface area (Å²) in [6.45, 7) is 0. The second kappa shape index (κ2) is 6.29. The van der Waals surface area contributed by atoms with Crippen LogP contribution in [0.1, 0.15) is 0 Å². The molecule has 0 aromatic heterocycles. The highest BCUT2D eigenvalue weighted by Crippen LogP contribution is 2.67. The third-order valence-corrected chi connectivity index (χ3v) is 9.80. The van der Waals surface area contributed by atoms with Crippen molar-refractivity contribution in [2.45, 2.75) is 0 Å². The predicted molar refractivity (Wildman–Crippen MR) is 103 cm³/mol. The van der Waals surface area contributed by atoms with Crippen molar-refractivity contribution in [3.8, 4) is 0 Å². The summed E-state index contributed by atoms with van der Waals surface area (Å²) in [5.41, 5.74) is 1.68. The van der Waals surface area contributed by atoms with Gasteiger partial charge in [0.25, 0.3) is 0 Å². The fourth-order valence-corrected chi connectivity index (χ4v) is 9.14. The van der Waals surface area contributed by atoms with E-state index in [2.05, 4.69) is 0 Å². The molecule has 8 heteroatoms. The molecule has 0 unspecified atom stereocenters. The van der Waals surface area contributed by atoms with E-state index >= 15 is 0 Å². The van der Waals surface area contributed by atoms with E-state index in [0.29, 0.717) is 0 Å². The Morgan fingerprint density at radius 3 is 1.40 bits per heavy atom. The lowest BCUT2D eigenvalue weighted by molar-refractivity contribution is 0.233. The second-order valence-corrected chi connectivity index (χ2v) is 10.4. The number of hydrogen-bond donors (Lipinski definition) is 0. The highest BCUT2D eigenvalue weighted by atomic mass is 31.2. The summed E-state index contributed by atoms with van der Waals surface area (Å²) in [5.74, 6) is 0.791. The minimum atomic E-state index is -1.03. The number of nitrogens with zero attached hydrogens (tertiary/aromatic N) is 4. The normalized spacial score (nSPS) is 23.3. The van der Waals surface area contributed by atoms with Crippen LogP contribution >= 0.6 is 16.4 Å². The Hall–Kier alpha value is -2.16. The van der Waals surface area contributed by atoms with Crippen LogP contribution in [-0.2, 0) is 0 Å². The molecule has 2 atom stereocenters. The van der Waals surface area contributed by atoms with Gasteiger partial charge in [0.2, 0.25) is 0 Å². The molecule has 2 aromatic rings. The lowest BCUT2D eigenvalue weighted by atomic mass is 10.3. The molecule has 0 N–H and O–H groups in total. The van der Waals surface area contributed by atoms with Crippen molar-refractivity contribution in [2.24, 2.45) is 0 Å². The fourth-order valence-electron chi connectivity index (χ4n) is 2.99. The van der Waals surface area contributed by atoms with E-state index in [9.17, 15) is 9.59 Å². The average Bonchev–Trinajstić information content (AvgIpc) is 2.65. The first kappa shape index (κ1) is 16.3. The number of anilines is 2. The van der Waals surface area contributed by atoms with Gasteiger partial charge in [0.15, 0.2) is 0 Å². The lowest BCUT2D eigenvalue weighted by Crippen LogP contribution is -2.54. The van der Waals surface area contributed by atoms with Gasteiger partial charge >= 0.3 is 12.1 Å². The van der Waals surface area contributed by atoms with Gasteiger partial charge in [-0.1, -0.05) is 36.4 Å². The Balaban J connectivity index is 1.75. The van der Waals surface area contributed by atoms with Crippen molar-refractivity contribution < 1.29 is 9.59 Å². The molecule has 2 bridgehead atoms. The van der Waals surface area contributed by atoms with Gasteiger partial charge in [-0.05, 0) is 24.3 Å². The van der Waals surface area contributed by atoms with Gasteiger partial charge in [0, 0.05) is 14.1 Å². The average molecular weight is 372 g/mol. The molecule has 2 fully saturated rings. The summed E-state index contributed by atoms with van der Waals surface area (Å²) in [6, 6.07) is 19.1. The quantitative estimate of drug-likeness (QED) is 0.717. The molecular formula is C17H18N4O2P2. The Labute approximate surface area is 149 Å². The summed E-state index contributed by atoms with van der Waals surface area (Å²) in [4.78, 5) is 26.2. The molecule has 6 nitrogen and oxygen atoms in total. The third-order valence-electron chi connectivity index (χ3n) is 4.32. The van der Waals surface area contributed by atoms with Gasteiger partial charge in [0.1, 0.15) is 16.4 Å². The number of carbonyl (C=O) groups excluding carboxylic acids is 2. The minimum absolute atomic E-state index is 0.0463. The Kier molecular flexibility index (Phi) is 4.10. The molecular weight excluding hydrogens is 354 g/mol. The topological polar surface area (TPSA) is 47.1 Å². The highest BCUT2D eigenvalue weighted by molar-refractivity contribution is 7.78. The zero-order valence-electron chi connectivity index (χ0n) is 14.0. The number of benzene rings is 2. The number of carbonyl (C=O) groups is 2. The van der Waals surface area contributed by atoms with Gasteiger partial charge in [-0.2, -0.15) is 0 Å². The summed E-state index contributed by atoms with van der Waals surface area (Å²) in [5, 5.41) is 0.